The molecule has 1 N–H and O–H groups in total. The molecule has 0 bridgehead atoms. The number of aliphatic hydroxyl groups excluding tert-OH is 1. The van der Waals surface area contributed by atoms with Gasteiger partial charge >= 0.3 is 0 Å². The highest BCUT2D eigenvalue weighted by atomic mass is 16.6. The molecule has 1 rings (SSSR count). The molecule has 11 heavy (non-hydrogen) atoms. The molecule has 2 nitrogen and oxygen atoms in total. The first kappa shape index (κ1) is 8.44. The van der Waals surface area contributed by atoms with Crippen LogP contribution >= 0.6 is 0 Å². The highest BCUT2D eigenvalue weighted by Gasteiger charge is 2.14. The van der Waals surface area contributed by atoms with Gasteiger partial charge in [0.15, 0.2) is 0 Å². The number of aliphatic hydroxyl groups is 1. The second kappa shape index (κ2) is 4.27. The fourth-order valence-electron chi connectivity index (χ4n) is 1.42. The molecule has 0 aliphatic heterocycles. The second-order valence-electron chi connectivity index (χ2n) is 3.00. The molecular weight excluding hydrogens is 140 g/mol. The zero-order valence-corrected chi connectivity index (χ0v) is 7.05. The molecule has 1 aliphatic carbocycles. The third-order valence-electron chi connectivity index (χ3n) is 2.09. The van der Waals surface area contributed by atoms with Crippen molar-refractivity contribution in [2.24, 2.45) is 0 Å². The molecule has 0 amide bonds. The Morgan fingerprint density at radius 1 is 1.36 bits per heavy atom. The van der Waals surface area contributed by atoms with Gasteiger partial charge in [-0.25, -0.2) is 0 Å². The van der Waals surface area contributed by atoms with Crippen molar-refractivity contribution in [2.45, 2.75) is 45.1 Å². The standard InChI is InChI=1S/C9H16O2/c1-2-9(10)11-8-6-4-3-5-7-8/h2,8,10H,3-7H2,1H3/b9-2+. The first-order valence-corrected chi connectivity index (χ1v) is 4.35. The van der Waals surface area contributed by atoms with E-state index in [1.165, 1.54) is 19.3 Å². The lowest BCUT2D eigenvalue weighted by molar-refractivity contribution is 0.0124. The van der Waals surface area contributed by atoms with Crippen LogP contribution in [0.15, 0.2) is 12.0 Å². The molecule has 0 heterocycles. The van der Waals surface area contributed by atoms with Crippen molar-refractivity contribution in [3.63, 3.8) is 0 Å². The van der Waals surface area contributed by atoms with Gasteiger partial charge in [0.2, 0.25) is 0 Å². The Bertz CT molecular complexity index is 134. The smallest absolute Gasteiger partial charge is 0.272 e. The summed E-state index contributed by atoms with van der Waals surface area (Å²) >= 11 is 0. The van der Waals surface area contributed by atoms with E-state index in [0.29, 0.717) is 0 Å². The Labute approximate surface area is 67.9 Å². The highest BCUT2D eigenvalue weighted by Crippen LogP contribution is 2.21. The Hall–Kier alpha value is -0.660. The van der Waals surface area contributed by atoms with Gasteiger partial charge in [0, 0.05) is 0 Å². The third kappa shape index (κ3) is 2.83. The maximum Gasteiger partial charge on any atom is 0.272 e. The van der Waals surface area contributed by atoms with Gasteiger partial charge in [-0.2, -0.15) is 0 Å². The van der Waals surface area contributed by atoms with E-state index >= 15 is 0 Å². The first-order valence-electron chi connectivity index (χ1n) is 4.35. The predicted octanol–water partition coefficient (Wildman–Crippen LogP) is 2.76. The van der Waals surface area contributed by atoms with E-state index in [9.17, 15) is 0 Å². The van der Waals surface area contributed by atoms with E-state index in [1.807, 2.05) is 0 Å². The quantitative estimate of drug-likeness (QED) is 0.623. The van der Waals surface area contributed by atoms with Crippen molar-refractivity contribution in [3.8, 4) is 0 Å². The lowest BCUT2D eigenvalue weighted by atomic mass is 9.98. The number of hydrogen-bond acceptors (Lipinski definition) is 2. The van der Waals surface area contributed by atoms with Gasteiger partial charge in [0.25, 0.3) is 5.95 Å². The topological polar surface area (TPSA) is 29.5 Å². The van der Waals surface area contributed by atoms with E-state index in [4.69, 9.17) is 9.84 Å². The summed E-state index contributed by atoms with van der Waals surface area (Å²) in [7, 11) is 0. The van der Waals surface area contributed by atoms with E-state index in [2.05, 4.69) is 0 Å². The number of allylic oxidation sites excluding steroid dienone is 1. The van der Waals surface area contributed by atoms with Crippen molar-refractivity contribution in [1.29, 1.82) is 0 Å². The van der Waals surface area contributed by atoms with Crippen molar-refractivity contribution < 1.29 is 9.84 Å². The van der Waals surface area contributed by atoms with Gasteiger partial charge in [-0.3, -0.25) is 0 Å². The fourth-order valence-corrected chi connectivity index (χ4v) is 1.42. The van der Waals surface area contributed by atoms with Crippen LogP contribution in [0.5, 0.6) is 0 Å². The molecule has 0 atom stereocenters. The van der Waals surface area contributed by atoms with E-state index < -0.39 is 0 Å². The molecule has 2 heteroatoms. The molecule has 0 aromatic heterocycles. The fraction of sp³-hybridized carbons (Fsp3) is 0.778. The Kier molecular flexibility index (Phi) is 3.27. The maximum atomic E-state index is 9.05. The number of ether oxygens (including phenoxy) is 1. The van der Waals surface area contributed by atoms with E-state index in [0.717, 1.165) is 12.8 Å². The minimum Gasteiger partial charge on any atom is -0.481 e. The molecule has 1 aliphatic rings. The van der Waals surface area contributed by atoms with Crippen LogP contribution in [0.25, 0.3) is 0 Å². The average Bonchev–Trinajstić information content (AvgIpc) is 2.06. The number of rotatable bonds is 2. The first-order chi connectivity index (χ1) is 5.33. The summed E-state index contributed by atoms with van der Waals surface area (Å²) in [5.74, 6) is 0.0805. The average molecular weight is 156 g/mol. The summed E-state index contributed by atoms with van der Waals surface area (Å²) in [5, 5.41) is 9.05. The SMILES string of the molecule is C/C=C(\O)OC1CCCCC1. The zero-order valence-electron chi connectivity index (χ0n) is 7.05. The summed E-state index contributed by atoms with van der Waals surface area (Å²) < 4.78 is 5.26. The second-order valence-corrected chi connectivity index (χ2v) is 3.00. The van der Waals surface area contributed by atoms with Crippen molar-refractivity contribution in [2.75, 3.05) is 0 Å². The molecule has 0 radical (unpaired) electrons. The van der Waals surface area contributed by atoms with Gasteiger partial charge in [0.1, 0.15) is 6.10 Å². The van der Waals surface area contributed by atoms with Gasteiger partial charge in [-0.1, -0.05) is 6.42 Å². The molecule has 0 saturated heterocycles. The maximum absolute atomic E-state index is 9.05. The summed E-state index contributed by atoms with van der Waals surface area (Å²) in [5.41, 5.74) is 0. The van der Waals surface area contributed by atoms with Crippen LogP contribution in [0.3, 0.4) is 0 Å². The monoisotopic (exact) mass is 156 g/mol. The zero-order chi connectivity index (χ0) is 8.10. The Morgan fingerprint density at radius 3 is 2.55 bits per heavy atom. The van der Waals surface area contributed by atoms with Gasteiger partial charge < -0.3 is 9.84 Å². The Morgan fingerprint density at radius 2 is 2.00 bits per heavy atom. The molecule has 0 spiro atoms. The molecular formula is C9H16O2. The van der Waals surface area contributed by atoms with Crippen molar-refractivity contribution in [3.05, 3.63) is 12.0 Å². The third-order valence-corrected chi connectivity index (χ3v) is 2.09. The minimum atomic E-state index is 0.0805. The molecule has 0 unspecified atom stereocenters. The molecule has 1 fully saturated rings. The molecule has 0 aromatic rings. The van der Waals surface area contributed by atoms with Crippen LogP contribution in [0.2, 0.25) is 0 Å². The number of hydrogen-bond donors (Lipinski definition) is 1. The van der Waals surface area contributed by atoms with Crippen molar-refractivity contribution in [1.82, 2.24) is 0 Å². The van der Waals surface area contributed by atoms with Crippen LogP contribution in [-0.2, 0) is 4.74 Å². The lowest BCUT2D eigenvalue weighted by Crippen LogP contribution is -2.15. The van der Waals surface area contributed by atoms with Gasteiger partial charge in [-0.05, 0) is 38.7 Å². The lowest BCUT2D eigenvalue weighted by Gasteiger charge is -2.21. The largest absolute Gasteiger partial charge is 0.481 e. The predicted molar refractivity (Wildman–Crippen MR) is 44.3 cm³/mol. The van der Waals surface area contributed by atoms with Crippen LogP contribution in [0.1, 0.15) is 39.0 Å². The van der Waals surface area contributed by atoms with Crippen LogP contribution in [-0.4, -0.2) is 11.2 Å². The minimum absolute atomic E-state index is 0.0805. The summed E-state index contributed by atoms with van der Waals surface area (Å²) in [6.07, 6.45) is 7.84. The normalized spacial score (nSPS) is 21.7. The van der Waals surface area contributed by atoms with Crippen molar-refractivity contribution >= 4 is 0 Å². The van der Waals surface area contributed by atoms with E-state index in [-0.39, 0.29) is 12.0 Å². The highest BCUT2D eigenvalue weighted by molar-refractivity contribution is 4.79. The summed E-state index contributed by atoms with van der Waals surface area (Å²) in [6, 6.07) is 0. The summed E-state index contributed by atoms with van der Waals surface area (Å²) in [4.78, 5) is 0. The van der Waals surface area contributed by atoms with Gasteiger partial charge in [-0.15, -0.1) is 0 Å². The Balaban J connectivity index is 2.24. The molecule has 0 aromatic carbocycles. The van der Waals surface area contributed by atoms with Crippen LogP contribution in [0.4, 0.5) is 0 Å². The molecule has 1 saturated carbocycles. The summed E-state index contributed by atoms with van der Waals surface area (Å²) in [6.45, 7) is 1.78. The van der Waals surface area contributed by atoms with E-state index in [1.54, 1.807) is 13.0 Å². The molecule has 64 valence electrons. The van der Waals surface area contributed by atoms with Crippen LogP contribution in [0, 0.1) is 0 Å². The van der Waals surface area contributed by atoms with Crippen LogP contribution < -0.4 is 0 Å². The van der Waals surface area contributed by atoms with Gasteiger partial charge in [0.05, 0.1) is 0 Å².